The van der Waals surface area contributed by atoms with Gasteiger partial charge in [0.2, 0.25) is 0 Å². The molecule has 1 amide bonds. The van der Waals surface area contributed by atoms with Gasteiger partial charge < -0.3 is 10.2 Å². The molecule has 1 aromatic heterocycles. The van der Waals surface area contributed by atoms with Crippen LogP contribution in [0.5, 0.6) is 0 Å². The number of carbonyl (C=O) groups is 1. The summed E-state index contributed by atoms with van der Waals surface area (Å²) in [6.45, 7) is 1.95. The third kappa shape index (κ3) is 4.82. The van der Waals surface area contributed by atoms with Crippen LogP contribution in [0, 0.1) is 18.3 Å². The summed E-state index contributed by atoms with van der Waals surface area (Å²) in [6.07, 6.45) is 5.66. The van der Waals surface area contributed by atoms with Gasteiger partial charge in [-0.2, -0.15) is 5.26 Å². The molecule has 29 heavy (non-hydrogen) atoms. The first-order chi connectivity index (χ1) is 13.9. The lowest BCUT2D eigenvalue weighted by Gasteiger charge is -2.37. The van der Waals surface area contributed by atoms with Crippen LogP contribution >= 0.6 is 23.4 Å². The maximum Gasteiger partial charge on any atom is 0.272 e. The number of aromatic nitrogens is 2. The molecule has 0 atom stereocenters. The third-order valence-electron chi connectivity index (χ3n) is 5.52. The van der Waals surface area contributed by atoms with Crippen LogP contribution in [0.2, 0.25) is 5.02 Å². The molecule has 1 saturated carbocycles. The number of rotatable bonds is 5. The number of hydrogen-bond donors (Lipinski definition) is 1. The van der Waals surface area contributed by atoms with Crippen LogP contribution in [-0.2, 0) is 0 Å². The highest BCUT2D eigenvalue weighted by atomic mass is 35.5. The summed E-state index contributed by atoms with van der Waals surface area (Å²) in [5.41, 5.74) is 2.83. The Morgan fingerprint density at radius 2 is 1.97 bits per heavy atom. The molecule has 1 N–H and O–H groups in total. The molecule has 2 aromatic rings. The number of anilines is 1. The normalized spacial score (nSPS) is 18.7. The summed E-state index contributed by atoms with van der Waals surface area (Å²) in [6, 6.07) is 9.89. The van der Waals surface area contributed by atoms with E-state index >= 15 is 0 Å². The summed E-state index contributed by atoms with van der Waals surface area (Å²) >= 11 is 7.83. The molecule has 0 bridgehead atoms. The van der Waals surface area contributed by atoms with Crippen molar-refractivity contribution in [1.29, 1.82) is 5.26 Å². The number of carbonyl (C=O) groups excluding carboxylic acids is 1. The summed E-state index contributed by atoms with van der Waals surface area (Å²) in [7, 11) is 2.07. The van der Waals surface area contributed by atoms with Crippen LogP contribution in [-0.4, -0.2) is 41.5 Å². The van der Waals surface area contributed by atoms with Crippen LogP contribution in [0.1, 0.15) is 47.3 Å². The Bertz CT molecular complexity index is 920. The molecule has 1 aromatic carbocycles. The smallest absolute Gasteiger partial charge is 0.272 e. The first-order valence-electron chi connectivity index (χ1n) is 9.55. The second kappa shape index (κ2) is 9.47. The molecule has 1 heterocycles. The molecule has 1 fully saturated rings. The number of halogens is 1. The van der Waals surface area contributed by atoms with Gasteiger partial charge in [0, 0.05) is 24.8 Å². The number of nitrogens with one attached hydrogen (secondary N) is 1. The summed E-state index contributed by atoms with van der Waals surface area (Å²) in [4.78, 5) is 14.7. The fraction of sp³-hybridized carbons (Fsp3) is 0.429. The number of hydrogen-bond acceptors (Lipinski definition) is 6. The lowest BCUT2D eigenvalue weighted by molar-refractivity contribution is 0.0919. The second-order valence-corrected chi connectivity index (χ2v) is 8.44. The third-order valence-corrected chi connectivity index (χ3v) is 6.64. The maximum atomic E-state index is 12.4. The average molecular weight is 430 g/mol. The van der Waals surface area contributed by atoms with Crippen molar-refractivity contribution in [2.75, 3.05) is 18.2 Å². The van der Waals surface area contributed by atoms with Crippen molar-refractivity contribution in [2.24, 2.45) is 0 Å². The molecule has 0 spiro atoms. The van der Waals surface area contributed by atoms with Gasteiger partial charge in [-0.25, -0.2) is 0 Å². The van der Waals surface area contributed by atoms with E-state index < -0.39 is 0 Å². The fourth-order valence-corrected chi connectivity index (χ4v) is 4.29. The van der Waals surface area contributed by atoms with Gasteiger partial charge in [0.05, 0.1) is 10.6 Å². The van der Waals surface area contributed by atoms with Crippen molar-refractivity contribution in [3.63, 3.8) is 0 Å². The largest absolute Gasteiger partial charge is 0.371 e. The molecule has 6 nitrogen and oxygen atoms in total. The minimum absolute atomic E-state index is 0.139. The van der Waals surface area contributed by atoms with E-state index in [0.717, 1.165) is 42.0 Å². The van der Waals surface area contributed by atoms with Crippen LogP contribution in [0.25, 0.3) is 0 Å². The van der Waals surface area contributed by atoms with E-state index in [-0.39, 0.29) is 11.9 Å². The second-order valence-electron chi connectivity index (χ2n) is 7.23. The van der Waals surface area contributed by atoms with Crippen molar-refractivity contribution in [3.8, 4) is 6.07 Å². The Labute approximate surface area is 180 Å². The van der Waals surface area contributed by atoms with E-state index in [2.05, 4.69) is 33.5 Å². The predicted octanol–water partition coefficient (Wildman–Crippen LogP) is 4.21. The fourth-order valence-electron chi connectivity index (χ4n) is 3.76. The highest BCUT2D eigenvalue weighted by Crippen LogP contribution is 2.33. The summed E-state index contributed by atoms with van der Waals surface area (Å²) < 4.78 is 0. The number of benzene rings is 1. The lowest BCUT2D eigenvalue weighted by atomic mass is 9.89. The van der Waals surface area contributed by atoms with E-state index in [4.69, 9.17) is 16.9 Å². The van der Waals surface area contributed by atoms with E-state index in [0.29, 0.717) is 22.3 Å². The minimum atomic E-state index is -0.170. The number of amides is 1. The molecule has 152 valence electrons. The van der Waals surface area contributed by atoms with Crippen LogP contribution in [0.3, 0.4) is 0 Å². The van der Waals surface area contributed by atoms with Gasteiger partial charge in [0.25, 0.3) is 5.91 Å². The van der Waals surface area contributed by atoms with Crippen LogP contribution in [0.15, 0.2) is 29.3 Å². The Balaban J connectivity index is 1.58. The highest BCUT2D eigenvalue weighted by Gasteiger charge is 2.27. The molecular formula is C21H24ClN5OS. The maximum absolute atomic E-state index is 12.4. The van der Waals surface area contributed by atoms with Gasteiger partial charge in [0.1, 0.15) is 11.1 Å². The predicted molar refractivity (Wildman–Crippen MR) is 117 cm³/mol. The molecule has 0 radical (unpaired) electrons. The van der Waals surface area contributed by atoms with Crippen molar-refractivity contribution in [2.45, 2.75) is 49.7 Å². The van der Waals surface area contributed by atoms with Crippen molar-refractivity contribution >= 4 is 35.0 Å². The minimum Gasteiger partial charge on any atom is -0.371 e. The SMILES string of the molecule is CSc1ccc(C(=O)NC2CCC(N(C)c3ccc(C#N)c(Cl)c3C)CC2)nn1. The zero-order valence-corrected chi connectivity index (χ0v) is 18.3. The Morgan fingerprint density at radius 3 is 2.55 bits per heavy atom. The molecule has 3 rings (SSSR count). The van der Waals surface area contributed by atoms with Gasteiger partial charge in [0.15, 0.2) is 5.69 Å². The summed E-state index contributed by atoms with van der Waals surface area (Å²) in [5.74, 6) is -0.170. The molecular weight excluding hydrogens is 406 g/mol. The molecule has 1 aliphatic rings. The van der Waals surface area contributed by atoms with Crippen LogP contribution < -0.4 is 10.2 Å². The Hall–Kier alpha value is -2.30. The van der Waals surface area contributed by atoms with Crippen LogP contribution in [0.4, 0.5) is 5.69 Å². The first kappa shape index (κ1) is 21.4. The standard InChI is InChI=1S/C21H24ClN5OS/c1-13-18(10-4-14(12-23)20(13)22)27(2)16-7-5-15(6-8-16)24-21(28)17-9-11-19(29-3)26-25-17/h4,9-11,15-16H,5-8H2,1-3H3,(H,24,28). The van der Waals surface area contributed by atoms with Gasteiger partial charge in [-0.1, -0.05) is 11.6 Å². The molecule has 0 unspecified atom stereocenters. The van der Waals surface area contributed by atoms with Gasteiger partial charge in [-0.15, -0.1) is 22.0 Å². The number of nitriles is 1. The van der Waals surface area contributed by atoms with E-state index in [1.54, 1.807) is 12.1 Å². The van der Waals surface area contributed by atoms with Crippen molar-refractivity contribution in [3.05, 3.63) is 46.1 Å². The van der Waals surface area contributed by atoms with Crippen molar-refractivity contribution in [1.82, 2.24) is 15.5 Å². The summed E-state index contributed by atoms with van der Waals surface area (Å²) in [5, 5.41) is 21.6. The molecule has 1 aliphatic carbocycles. The highest BCUT2D eigenvalue weighted by molar-refractivity contribution is 7.98. The van der Waals surface area contributed by atoms with Gasteiger partial charge in [-0.05, 0) is 68.7 Å². The molecule has 0 saturated heterocycles. The quantitative estimate of drug-likeness (QED) is 0.717. The number of thioether (sulfide) groups is 1. The van der Waals surface area contributed by atoms with E-state index in [1.165, 1.54) is 11.8 Å². The van der Waals surface area contributed by atoms with E-state index in [1.807, 2.05) is 25.3 Å². The van der Waals surface area contributed by atoms with Gasteiger partial charge in [-0.3, -0.25) is 4.79 Å². The van der Waals surface area contributed by atoms with Gasteiger partial charge >= 0.3 is 0 Å². The van der Waals surface area contributed by atoms with E-state index in [9.17, 15) is 4.79 Å². The molecule has 8 heteroatoms. The van der Waals surface area contributed by atoms with Crippen molar-refractivity contribution < 1.29 is 4.79 Å². The molecule has 0 aliphatic heterocycles. The Morgan fingerprint density at radius 1 is 1.24 bits per heavy atom. The lowest BCUT2D eigenvalue weighted by Crippen LogP contribution is -2.43. The zero-order valence-electron chi connectivity index (χ0n) is 16.8. The Kier molecular flexibility index (Phi) is 6.99. The first-order valence-corrected chi connectivity index (χ1v) is 11.2. The topological polar surface area (TPSA) is 81.9 Å². The number of nitrogens with zero attached hydrogens (tertiary/aromatic N) is 4. The zero-order chi connectivity index (χ0) is 21.0. The monoisotopic (exact) mass is 429 g/mol. The average Bonchev–Trinajstić information content (AvgIpc) is 2.75.